The number of rotatable bonds is 7. The topological polar surface area (TPSA) is 79.3 Å². The molecule has 1 aliphatic heterocycles. The Kier molecular flexibility index (Phi) is 7.30. The highest BCUT2D eigenvalue weighted by molar-refractivity contribution is 5.93. The number of anilines is 2. The summed E-state index contributed by atoms with van der Waals surface area (Å²) in [6.45, 7) is 7.62. The molecule has 2 N–H and O–H groups in total. The Hall–Kier alpha value is -3.61. The van der Waals surface area contributed by atoms with Crippen molar-refractivity contribution < 1.29 is 9.59 Å². The van der Waals surface area contributed by atoms with Gasteiger partial charge in [0.2, 0.25) is 11.8 Å². The molecular weight excluding hydrogens is 426 g/mol. The van der Waals surface area contributed by atoms with Crippen LogP contribution in [-0.2, 0) is 9.59 Å². The molecule has 3 aromatic rings. The Morgan fingerprint density at radius 3 is 2.26 bits per heavy atom. The molecule has 1 aromatic heterocycles. The molecule has 7 nitrogen and oxygen atoms in total. The molecule has 7 heteroatoms. The lowest BCUT2D eigenvalue weighted by molar-refractivity contribution is -0.125. The first-order valence-corrected chi connectivity index (χ1v) is 11.9. The maximum absolute atomic E-state index is 12.9. The van der Waals surface area contributed by atoms with Gasteiger partial charge in [0.25, 0.3) is 0 Å². The number of amides is 2. The lowest BCUT2D eigenvalue weighted by Gasteiger charge is -2.33. The number of carbonyl (C=O) groups excluding carboxylic acids is 2. The van der Waals surface area contributed by atoms with Crippen LogP contribution in [-0.4, -0.2) is 41.2 Å². The van der Waals surface area contributed by atoms with Crippen LogP contribution in [0.3, 0.4) is 0 Å². The molecule has 2 aromatic carbocycles. The van der Waals surface area contributed by atoms with Crippen LogP contribution >= 0.6 is 0 Å². The van der Waals surface area contributed by atoms with Crippen LogP contribution in [0.4, 0.5) is 11.5 Å². The fourth-order valence-electron chi connectivity index (χ4n) is 4.53. The third kappa shape index (κ3) is 5.30. The Morgan fingerprint density at radius 2 is 1.65 bits per heavy atom. The average molecular weight is 460 g/mol. The van der Waals surface area contributed by atoms with Crippen molar-refractivity contribution in [3.63, 3.8) is 0 Å². The minimum absolute atomic E-state index is 0.0161. The summed E-state index contributed by atoms with van der Waals surface area (Å²) in [5, 5.41) is 10.8. The van der Waals surface area contributed by atoms with Crippen molar-refractivity contribution in [3.05, 3.63) is 71.9 Å². The summed E-state index contributed by atoms with van der Waals surface area (Å²) in [7, 11) is 0. The molecule has 0 aliphatic carbocycles. The first kappa shape index (κ1) is 23.5. The van der Waals surface area contributed by atoms with E-state index in [1.54, 1.807) is 0 Å². The molecule has 2 heterocycles. The van der Waals surface area contributed by atoms with E-state index in [1.165, 1.54) is 12.5 Å². The third-order valence-corrected chi connectivity index (χ3v) is 6.45. The van der Waals surface area contributed by atoms with Crippen LogP contribution < -0.4 is 15.5 Å². The van der Waals surface area contributed by atoms with Gasteiger partial charge in [-0.3, -0.25) is 9.59 Å². The van der Waals surface area contributed by atoms with E-state index in [0.717, 1.165) is 48.8 Å². The molecular formula is C27H33N5O2. The first-order chi connectivity index (χ1) is 16.4. The lowest BCUT2D eigenvalue weighted by Crippen LogP contribution is -2.42. The zero-order valence-corrected chi connectivity index (χ0v) is 20.1. The van der Waals surface area contributed by atoms with E-state index in [1.807, 2.05) is 60.1 Å². The minimum Gasteiger partial charge on any atom is -0.355 e. The zero-order valence-electron chi connectivity index (χ0n) is 20.1. The van der Waals surface area contributed by atoms with Crippen LogP contribution in [0.5, 0.6) is 0 Å². The summed E-state index contributed by atoms with van der Waals surface area (Å²) < 4.78 is 1.89. The Morgan fingerprint density at radius 1 is 1.03 bits per heavy atom. The van der Waals surface area contributed by atoms with E-state index < -0.39 is 0 Å². The maximum Gasteiger partial charge on any atom is 0.223 e. The van der Waals surface area contributed by atoms with E-state index in [0.29, 0.717) is 6.54 Å². The summed E-state index contributed by atoms with van der Waals surface area (Å²) in [4.78, 5) is 27.0. The predicted octanol–water partition coefficient (Wildman–Crippen LogP) is 4.28. The van der Waals surface area contributed by atoms with Gasteiger partial charge < -0.3 is 15.5 Å². The number of aryl methyl sites for hydroxylation is 1. The number of hydrogen-bond acceptors (Lipinski definition) is 4. The fraction of sp³-hybridized carbons (Fsp3) is 0.370. The molecule has 4 rings (SSSR count). The molecule has 2 amide bonds. The summed E-state index contributed by atoms with van der Waals surface area (Å²) in [5.74, 6) is 1.12. The predicted molar refractivity (Wildman–Crippen MR) is 135 cm³/mol. The first-order valence-electron chi connectivity index (χ1n) is 11.9. The van der Waals surface area contributed by atoms with Gasteiger partial charge in [-0.25, -0.2) is 4.68 Å². The lowest BCUT2D eigenvalue weighted by atomic mass is 9.95. The Balaban J connectivity index is 1.44. The van der Waals surface area contributed by atoms with Gasteiger partial charge in [-0.1, -0.05) is 55.5 Å². The van der Waals surface area contributed by atoms with Gasteiger partial charge in [-0.2, -0.15) is 5.10 Å². The number of nitrogens with zero attached hydrogens (tertiary/aromatic N) is 3. The second-order valence-corrected chi connectivity index (χ2v) is 9.03. The molecule has 0 radical (unpaired) electrons. The van der Waals surface area contributed by atoms with Crippen LogP contribution in [0.25, 0.3) is 5.69 Å². The normalized spacial score (nSPS) is 15.1. The molecule has 1 atom stereocenters. The summed E-state index contributed by atoms with van der Waals surface area (Å²) >= 11 is 0. The van der Waals surface area contributed by atoms with E-state index in [4.69, 9.17) is 5.10 Å². The number of aromatic nitrogens is 2. The molecule has 0 bridgehead atoms. The molecule has 0 spiro atoms. The molecule has 1 saturated heterocycles. The Bertz CT molecular complexity index is 1120. The van der Waals surface area contributed by atoms with E-state index in [-0.39, 0.29) is 23.7 Å². The smallest absolute Gasteiger partial charge is 0.223 e. The SMILES string of the molecule is CC(=O)Nc1c(C)nn(-c2ccccc2)c1N1CCC(C(=O)NCC(C)c2ccccc2)CC1. The third-order valence-electron chi connectivity index (χ3n) is 6.45. The zero-order chi connectivity index (χ0) is 24.1. The van der Waals surface area contributed by atoms with E-state index >= 15 is 0 Å². The van der Waals surface area contributed by atoms with Gasteiger partial charge in [0.15, 0.2) is 5.82 Å². The molecule has 1 unspecified atom stereocenters. The van der Waals surface area contributed by atoms with Crippen molar-refractivity contribution in [2.75, 3.05) is 29.9 Å². The molecule has 1 fully saturated rings. The molecule has 34 heavy (non-hydrogen) atoms. The summed E-state index contributed by atoms with van der Waals surface area (Å²) in [6.07, 6.45) is 1.51. The second-order valence-electron chi connectivity index (χ2n) is 9.03. The van der Waals surface area contributed by atoms with Gasteiger partial charge in [-0.05, 0) is 43.4 Å². The van der Waals surface area contributed by atoms with Crippen molar-refractivity contribution in [2.24, 2.45) is 5.92 Å². The fourth-order valence-corrected chi connectivity index (χ4v) is 4.53. The Labute approximate surface area is 201 Å². The molecule has 178 valence electrons. The minimum atomic E-state index is -0.126. The quantitative estimate of drug-likeness (QED) is 0.553. The number of benzene rings is 2. The number of piperidine rings is 1. The van der Waals surface area contributed by atoms with Crippen molar-refractivity contribution in [2.45, 2.75) is 39.5 Å². The van der Waals surface area contributed by atoms with Crippen LogP contribution in [0.1, 0.15) is 43.9 Å². The van der Waals surface area contributed by atoms with Crippen molar-refractivity contribution in [1.82, 2.24) is 15.1 Å². The van der Waals surface area contributed by atoms with Gasteiger partial charge in [-0.15, -0.1) is 0 Å². The molecule has 0 saturated carbocycles. The van der Waals surface area contributed by atoms with Gasteiger partial charge in [0.1, 0.15) is 5.69 Å². The second kappa shape index (κ2) is 10.5. The highest BCUT2D eigenvalue weighted by Crippen LogP contribution is 2.34. The number of para-hydroxylation sites is 1. The van der Waals surface area contributed by atoms with Crippen molar-refractivity contribution >= 4 is 23.3 Å². The van der Waals surface area contributed by atoms with E-state index in [9.17, 15) is 9.59 Å². The van der Waals surface area contributed by atoms with Gasteiger partial charge >= 0.3 is 0 Å². The largest absolute Gasteiger partial charge is 0.355 e. The highest BCUT2D eigenvalue weighted by atomic mass is 16.2. The highest BCUT2D eigenvalue weighted by Gasteiger charge is 2.30. The molecule has 1 aliphatic rings. The van der Waals surface area contributed by atoms with Crippen molar-refractivity contribution in [3.8, 4) is 5.69 Å². The van der Waals surface area contributed by atoms with Crippen LogP contribution in [0, 0.1) is 12.8 Å². The monoisotopic (exact) mass is 459 g/mol. The number of hydrogen-bond donors (Lipinski definition) is 2. The standard InChI is InChI=1S/C27H33N5O2/c1-19(22-10-6-4-7-11-22)18-28-26(34)23-14-16-31(17-15-23)27-25(29-21(3)33)20(2)30-32(27)24-12-8-5-9-13-24/h4-13,19,23H,14-18H2,1-3H3,(H,28,34)(H,29,33). The summed E-state index contributed by atoms with van der Waals surface area (Å²) in [6, 6.07) is 20.2. The number of carbonyl (C=O) groups is 2. The van der Waals surface area contributed by atoms with Crippen LogP contribution in [0.15, 0.2) is 60.7 Å². The van der Waals surface area contributed by atoms with E-state index in [2.05, 4.69) is 34.6 Å². The maximum atomic E-state index is 12.9. The summed E-state index contributed by atoms with van der Waals surface area (Å²) in [5.41, 5.74) is 3.67. The number of nitrogens with one attached hydrogen (secondary N) is 2. The van der Waals surface area contributed by atoms with Gasteiger partial charge in [0, 0.05) is 32.5 Å². The average Bonchev–Trinajstić information content (AvgIpc) is 3.18. The van der Waals surface area contributed by atoms with Gasteiger partial charge in [0.05, 0.1) is 11.4 Å². The van der Waals surface area contributed by atoms with Crippen molar-refractivity contribution in [1.29, 1.82) is 0 Å². The van der Waals surface area contributed by atoms with Crippen LogP contribution in [0.2, 0.25) is 0 Å².